The zero-order chi connectivity index (χ0) is 15.5. The highest BCUT2D eigenvalue weighted by Gasteiger charge is 2.25. The van der Waals surface area contributed by atoms with Crippen molar-refractivity contribution in [3.8, 4) is 5.75 Å². The van der Waals surface area contributed by atoms with Gasteiger partial charge in [0, 0.05) is 4.88 Å². The Morgan fingerprint density at radius 3 is 2.77 bits per heavy atom. The lowest BCUT2D eigenvalue weighted by Gasteiger charge is -2.12. The van der Waals surface area contributed by atoms with Gasteiger partial charge in [0.05, 0.1) is 18.8 Å². The zero-order valence-electron chi connectivity index (χ0n) is 11.6. The molecule has 3 N–H and O–H groups in total. The average Bonchev–Trinajstić information content (AvgIpc) is 2.85. The summed E-state index contributed by atoms with van der Waals surface area (Å²) in [5.74, 6) is -0.139. The van der Waals surface area contributed by atoms with E-state index >= 15 is 0 Å². The van der Waals surface area contributed by atoms with Crippen molar-refractivity contribution >= 4 is 28.3 Å². The molecule has 6 nitrogen and oxygen atoms in total. The summed E-state index contributed by atoms with van der Waals surface area (Å²) in [6.07, 6.45) is -0.0484. The Labute approximate surface area is 130 Å². The number of rotatable bonds is 3. The molecule has 0 saturated heterocycles. The fourth-order valence-corrected chi connectivity index (χ4v) is 3.47. The molecule has 0 saturated carbocycles. The molecule has 2 heterocycles. The number of primary amides is 1. The van der Waals surface area contributed by atoms with E-state index < -0.39 is 12.0 Å². The van der Waals surface area contributed by atoms with Gasteiger partial charge in [-0.3, -0.25) is 10.1 Å². The first-order valence-corrected chi connectivity index (χ1v) is 7.53. The standard InChI is InChI=1S/C15H14N2O4S/c16-13(18)12-10-6-7-20-8-11(10)22-14(12)17-15(19)21-9-4-2-1-3-5-9/h1-5H,6-8H2,(H2,16,18)(H,17,19). The topological polar surface area (TPSA) is 90.7 Å². The average molecular weight is 318 g/mol. The Bertz CT molecular complexity index is 712. The van der Waals surface area contributed by atoms with Gasteiger partial charge >= 0.3 is 6.09 Å². The van der Waals surface area contributed by atoms with E-state index in [1.54, 1.807) is 24.3 Å². The minimum Gasteiger partial charge on any atom is -0.410 e. The fraction of sp³-hybridized carbons (Fsp3) is 0.200. The number of anilines is 1. The molecule has 3 rings (SSSR count). The maximum Gasteiger partial charge on any atom is 0.417 e. The smallest absolute Gasteiger partial charge is 0.410 e. The molecule has 0 aliphatic carbocycles. The predicted molar refractivity (Wildman–Crippen MR) is 82.3 cm³/mol. The number of benzene rings is 1. The van der Waals surface area contributed by atoms with Crippen LogP contribution in [0.25, 0.3) is 0 Å². The van der Waals surface area contributed by atoms with Crippen LogP contribution < -0.4 is 15.8 Å². The second-order valence-corrected chi connectivity index (χ2v) is 5.81. The summed E-state index contributed by atoms with van der Waals surface area (Å²) in [6, 6.07) is 8.68. The summed E-state index contributed by atoms with van der Waals surface area (Å²) in [7, 11) is 0. The van der Waals surface area contributed by atoms with Gasteiger partial charge in [-0.05, 0) is 24.1 Å². The van der Waals surface area contributed by atoms with Crippen LogP contribution in [0, 0.1) is 0 Å². The molecule has 0 bridgehead atoms. The predicted octanol–water partition coefficient (Wildman–Crippen LogP) is 2.53. The molecular formula is C15H14N2O4S. The van der Waals surface area contributed by atoms with E-state index in [-0.39, 0.29) is 0 Å². The molecule has 2 aromatic rings. The Morgan fingerprint density at radius 2 is 2.05 bits per heavy atom. The van der Waals surface area contributed by atoms with Gasteiger partial charge in [0.2, 0.25) is 0 Å². The van der Waals surface area contributed by atoms with E-state index in [2.05, 4.69) is 5.32 Å². The quantitative estimate of drug-likeness (QED) is 0.910. The number of ether oxygens (including phenoxy) is 2. The van der Waals surface area contributed by atoms with Crippen LogP contribution in [0.5, 0.6) is 5.75 Å². The number of hydrogen-bond acceptors (Lipinski definition) is 5. The lowest BCUT2D eigenvalue weighted by Crippen LogP contribution is -2.21. The maximum atomic E-state index is 12.0. The van der Waals surface area contributed by atoms with E-state index in [4.69, 9.17) is 15.2 Å². The lowest BCUT2D eigenvalue weighted by molar-refractivity contribution is 0.0991. The molecule has 114 valence electrons. The van der Waals surface area contributed by atoms with Crippen molar-refractivity contribution in [3.05, 3.63) is 46.3 Å². The van der Waals surface area contributed by atoms with Crippen molar-refractivity contribution in [2.75, 3.05) is 11.9 Å². The zero-order valence-corrected chi connectivity index (χ0v) is 12.4. The molecule has 22 heavy (non-hydrogen) atoms. The van der Waals surface area contributed by atoms with Crippen LogP contribution in [0.4, 0.5) is 9.80 Å². The van der Waals surface area contributed by atoms with Crippen LogP contribution in [0.2, 0.25) is 0 Å². The Morgan fingerprint density at radius 1 is 1.27 bits per heavy atom. The number of carbonyl (C=O) groups excluding carboxylic acids is 2. The normalized spacial score (nSPS) is 13.3. The van der Waals surface area contributed by atoms with Crippen LogP contribution in [0.3, 0.4) is 0 Å². The van der Waals surface area contributed by atoms with Crippen molar-refractivity contribution in [1.82, 2.24) is 0 Å². The number of fused-ring (bicyclic) bond motifs is 1. The SMILES string of the molecule is NC(=O)c1c(NC(=O)Oc2ccccc2)sc2c1CCOC2. The van der Waals surface area contributed by atoms with E-state index in [0.717, 1.165) is 10.4 Å². The highest BCUT2D eigenvalue weighted by molar-refractivity contribution is 7.17. The van der Waals surface area contributed by atoms with Gasteiger partial charge in [-0.25, -0.2) is 4.79 Å². The van der Waals surface area contributed by atoms with Crippen molar-refractivity contribution in [3.63, 3.8) is 0 Å². The highest BCUT2D eigenvalue weighted by Crippen LogP contribution is 2.36. The van der Waals surface area contributed by atoms with Gasteiger partial charge < -0.3 is 15.2 Å². The van der Waals surface area contributed by atoms with Crippen LogP contribution in [-0.2, 0) is 17.8 Å². The van der Waals surface area contributed by atoms with Gasteiger partial charge in [0.15, 0.2) is 0 Å². The lowest BCUT2D eigenvalue weighted by atomic mass is 10.1. The molecule has 0 atom stereocenters. The fourth-order valence-electron chi connectivity index (χ4n) is 2.29. The first kappa shape index (κ1) is 14.6. The summed E-state index contributed by atoms with van der Waals surface area (Å²) >= 11 is 1.29. The first-order chi connectivity index (χ1) is 10.6. The number of hydrogen-bond donors (Lipinski definition) is 2. The van der Waals surface area contributed by atoms with Gasteiger partial charge in [0.25, 0.3) is 5.91 Å². The monoisotopic (exact) mass is 318 g/mol. The number of para-hydroxylation sites is 1. The molecule has 2 amide bonds. The summed E-state index contributed by atoms with van der Waals surface area (Å²) < 4.78 is 10.5. The number of nitrogens with one attached hydrogen (secondary N) is 1. The largest absolute Gasteiger partial charge is 0.417 e. The van der Waals surface area contributed by atoms with Crippen LogP contribution >= 0.6 is 11.3 Å². The van der Waals surface area contributed by atoms with Crippen molar-refractivity contribution in [2.45, 2.75) is 13.0 Å². The molecule has 7 heteroatoms. The number of carbonyl (C=O) groups is 2. The summed E-state index contributed by atoms with van der Waals surface area (Å²) in [5, 5.41) is 3.00. The van der Waals surface area contributed by atoms with Gasteiger partial charge in [-0.2, -0.15) is 0 Å². The van der Waals surface area contributed by atoms with Crippen molar-refractivity contribution in [1.29, 1.82) is 0 Å². The molecule has 1 aliphatic heterocycles. The van der Waals surface area contributed by atoms with Gasteiger partial charge in [-0.1, -0.05) is 18.2 Å². The van der Waals surface area contributed by atoms with Crippen LogP contribution in [0.15, 0.2) is 30.3 Å². The van der Waals surface area contributed by atoms with Crippen LogP contribution in [0.1, 0.15) is 20.8 Å². The number of thiophene rings is 1. The molecule has 1 aromatic carbocycles. The third-order valence-corrected chi connectivity index (χ3v) is 4.36. The van der Waals surface area contributed by atoms with E-state index in [0.29, 0.717) is 35.9 Å². The first-order valence-electron chi connectivity index (χ1n) is 6.71. The maximum absolute atomic E-state index is 12.0. The van der Waals surface area contributed by atoms with E-state index in [9.17, 15) is 9.59 Å². The molecule has 0 spiro atoms. The van der Waals surface area contributed by atoms with E-state index in [1.165, 1.54) is 11.3 Å². The minimum absolute atomic E-state index is 0.355. The molecule has 0 fully saturated rings. The number of amides is 2. The summed E-state index contributed by atoms with van der Waals surface area (Å²) in [6.45, 7) is 0.966. The van der Waals surface area contributed by atoms with Crippen LogP contribution in [-0.4, -0.2) is 18.6 Å². The van der Waals surface area contributed by atoms with Crippen molar-refractivity contribution in [2.24, 2.45) is 5.73 Å². The second-order valence-electron chi connectivity index (χ2n) is 4.70. The second kappa shape index (κ2) is 6.17. The summed E-state index contributed by atoms with van der Waals surface area (Å²) in [4.78, 5) is 24.6. The van der Waals surface area contributed by atoms with Gasteiger partial charge in [0.1, 0.15) is 10.8 Å². The Hall–Kier alpha value is -2.38. The minimum atomic E-state index is -0.659. The number of nitrogens with two attached hydrogens (primary N) is 1. The van der Waals surface area contributed by atoms with Gasteiger partial charge in [-0.15, -0.1) is 11.3 Å². The highest BCUT2D eigenvalue weighted by atomic mass is 32.1. The molecule has 1 aromatic heterocycles. The molecular weight excluding hydrogens is 304 g/mol. The molecule has 0 unspecified atom stereocenters. The van der Waals surface area contributed by atoms with E-state index in [1.807, 2.05) is 6.07 Å². The molecule has 1 aliphatic rings. The Kier molecular flexibility index (Phi) is 4.08. The van der Waals surface area contributed by atoms with Crippen molar-refractivity contribution < 1.29 is 19.1 Å². The summed E-state index contributed by atoms with van der Waals surface area (Å²) in [5.41, 5.74) is 6.66. The Balaban J connectivity index is 1.81. The third kappa shape index (κ3) is 2.95. The third-order valence-electron chi connectivity index (χ3n) is 3.24. The molecule has 0 radical (unpaired) electrons.